The van der Waals surface area contributed by atoms with Crippen LogP contribution in [-0.4, -0.2) is 58.6 Å². The highest BCUT2D eigenvalue weighted by molar-refractivity contribution is 8.00. The summed E-state index contributed by atoms with van der Waals surface area (Å²) in [6, 6.07) is 6.84. The van der Waals surface area contributed by atoms with Gasteiger partial charge < -0.3 is 19.1 Å². The predicted octanol–water partition coefficient (Wildman–Crippen LogP) is 3.24. The summed E-state index contributed by atoms with van der Waals surface area (Å²) in [6.07, 6.45) is 1.77. The fourth-order valence-corrected chi connectivity index (χ4v) is 4.57. The van der Waals surface area contributed by atoms with Crippen molar-refractivity contribution in [3.05, 3.63) is 36.9 Å². The molecule has 0 N–H and O–H groups in total. The Morgan fingerprint density at radius 2 is 2.00 bits per heavy atom. The van der Waals surface area contributed by atoms with Gasteiger partial charge in [0.1, 0.15) is 30.4 Å². The van der Waals surface area contributed by atoms with Crippen LogP contribution >= 0.6 is 24.0 Å². The van der Waals surface area contributed by atoms with E-state index >= 15 is 0 Å². The smallest absolute Gasteiger partial charge is 0.329 e. The minimum Gasteiger partial charge on any atom is -0.487 e. The van der Waals surface area contributed by atoms with Gasteiger partial charge in [0, 0.05) is 5.75 Å². The average molecular weight is 424 g/mol. The molecule has 1 heterocycles. The molecule has 0 aliphatic carbocycles. The molecule has 0 amide bonds. The largest absolute Gasteiger partial charge is 0.487 e. The molecule has 152 valence electrons. The first kappa shape index (κ1) is 22.2. The second kappa shape index (κ2) is 11.1. The number of hydrogen-bond acceptors (Lipinski definition) is 7. The van der Waals surface area contributed by atoms with E-state index in [1.807, 2.05) is 24.3 Å². The van der Waals surface area contributed by atoms with Crippen LogP contribution < -0.4 is 9.47 Å². The quantitative estimate of drug-likeness (QED) is 0.323. The molecule has 1 saturated heterocycles. The van der Waals surface area contributed by atoms with Gasteiger partial charge in [0.05, 0.1) is 18.0 Å². The highest BCUT2D eigenvalue weighted by atomic mass is 32.2. The molecule has 0 spiro atoms. The zero-order valence-corrected chi connectivity index (χ0v) is 17.7. The molecule has 0 aromatic heterocycles. The van der Waals surface area contributed by atoms with Gasteiger partial charge in [-0.05, 0) is 26.0 Å². The Labute approximate surface area is 175 Å². The lowest BCUT2D eigenvalue weighted by Crippen LogP contribution is -2.47. The van der Waals surface area contributed by atoms with Crippen molar-refractivity contribution in [1.29, 1.82) is 0 Å². The van der Waals surface area contributed by atoms with Gasteiger partial charge in [-0.1, -0.05) is 37.0 Å². The summed E-state index contributed by atoms with van der Waals surface area (Å²) in [7, 11) is 0. The molecule has 8 heteroatoms. The third kappa shape index (κ3) is 5.97. The van der Waals surface area contributed by atoms with Crippen molar-refractivity contribution in [3.63, 3.8) is 0 Å². The molecule has 1 aliphatic rings. The number of carbonyl (C=O) groups excluding carboxylic acids is 2. The molecular weight excluding hydrogens is 398 g/mol. The highest BCUT2D eigenvalue weighted by Gasteiger charge is 2.41. The number of thiocarbonyl (C=S) groups is 1. The molecule has 1 fully saturated rings. The lowest BCUT2D eigenvalue weighted by molar-refractivity contribution is -0.147. The minimum absolute atomic E-state index is 0.0488. The van der Waals surface area contributed by atoms with Gasteiger partial charge in [-0.15, -0.1) is 11.8 Å². The van der Waals surface area contributed by atoms with Gasteiger partial charge in [0.15, 0.2) is 11.5 Å². The topological polar surface area (TPSA) is 65.1 Å². The maximum absolute atomic E-state index is 12.3. The highest BCUT2D eigenvalue weighted by Crippen LogP contribution is 2.33. The molecule has 0 bridgehead atoms. The molecule has 6 nitrogen and oxygen atoms in total. The molecule has 1 aromatic rings. The first-order valence-electron chi connectivity index (χ1n) is 9.02. The van der Waals surface area contributed by atoms with E-state index in [1.165, 1.54) is 6.92 Å². The van der Waals surface area contributed by atoms with Crippen LogP contribution in [-0.2, 0) is 14.3 Å². The summed E-state index contributed by atoms with van der Waals surface area (Å²) in [4.78, 5) is 26.1. The number of ketones is 1. The van der Waals surface area contributed by atoms with E-state index in [1.54, 1.807) is 29.7 Å². The van der Waals surface area contributed by atoms with Crippen LogP contribution in [0.4, 0.5) is 0 Å². The normalized spacial score (nSPS) is 18.4. The zero-order chi connectivity index (χ0) is 20.5. The van der Waals surface area contributed by atoms with Gasteiger partial charge in [-0.25, -0.2) is 4.79 Å². The van der Waals surface area contributed by atoms with Crippen LogP contribution in [0, 0.1) is 0 Å². The predicted molar refractivity (Wildman–Crippen MR) is 114 cm³/mol. The number of Topliss-reactive ketones (excluding diaryl/α,β-unsaturated/α-hetero) is 1. The van der Waals surface area contributed by atoms with E-state index in [0.29, 0.717) is 35.5 Å². The zero-order valence-electron chi connectivity index (χ0n) is 16.1. The Balaban J connectivity index is 2.12. The average Bonchev–Trinajstić information content (AvgIpc) is 3.09. The summed E-state index contributed by atoms with van der Waals surface area (Å²) >= 11 is 7.01. The summed E-state index contributed by atoms with van der Waals surface area (Å²) in [5.74, 6) is 1.36. The number of hydrogen-bond donors (Lipinski definition) is 0. The van der Waals surface area contributed by atoms with Crippen LogP contribution in [0.25, 0.3) is 0 Å². The van der Waals surface area contributed by atoms with Gasteiger partial charge in [0.25, 0.3) is 0 Å². The van der Waals surface area contributed by atoms with Crippen LogP contribution in [0.2, 0.25) is 0 Å². The van der Waals surface area contributed by atoms with Crippen molar-refractivity contribution in [2.45, 2.75) is 31.7 Å². The molecule has 0 saturated carbocycles. The van der Waals surface area contributed by atoms with Crippen molar-refractivity contribution in [1.82, 2.24) is 4.90 Å². The molecule has 2 atom stereocenters. The van der Waals surface area contributed by atoms with E-state index in [0.717, 1.165) is 0 Å². The minimum atomic E-state index is -0.516. The third-order valence-electron chi connectivity index (χ3n) is 3.93. The van der Waals surface area contributed by atoms with E-state index in [-0.39, 0.29) is 30.2 Å². The van der Waals surface area contributed by atoms with Crippen LogP contribution in [0.1, 0.15) is 20.3 Å². The Bertz CT molecular complexity index is 724. The number of ether oxygens (including phenoxy) is 3. The van der Waals surface area contributed by atoms with Crippen molar-refractivity contribution < 1.29 is 23.8 Å². The second-order valence-corrected chi connectivity index (χ2v) is 7.78. The summed E-state index contributed by atoms with van der Waals surface area (Å²) in [6.45, 7) is 7.84. The number of para-hydroxylation sites is 2. The molecule has 2 unspecified atom stereocenters. The Kier molecular flexibility index (Phi) is 8.79. The summed E-state index contributed by atoms with van der Waals surface area (Å²) < 4.78 is 16.8. The third-order valence-corrected chi connectivity index (χ3v) is 5.54. The Morgan fingerprint density at radius 3 is 2.61 bits per heavy atom. The number of carbonyl (C=O) groups is 2. The summed E-state index contributed by atoms with van der Waals surface area (Å²) in [5.41, 5.74) is 0. The lowest BCUT2D eigenvalue weighted by atomic mass is 10.2. The van der Waals surface area contributed by atoms with Gasteiger partial charge in [-0.2, -0.15) is 0 Å². The van der Waals surface area contributed by atoms with Crippen molar-refractivity contribution in [2.24, 2.45) is 0 Å². The standard InChI is InChI=1S/C20H25NO5S2/c1-4-10-25-16-8-6-7-9-17(16)26-12-19-21(18(27)11-14(3)22)15(13-28-19)20(23)24-5-2/h4,6-9,15,19H,1,5,10-13H2,2-3H3. The van der Waals surface area contributed by atoms with Gasteiger partial charge in [-0.3, -0.25) is 4.79 Å². The van der Waals surface area contributed by atoms with Crippen molar-refractivity contribution in [3.8, 4) is 11.5 Å². The van der Waals surface area contributed by atoms with Crippen molar-refractivity contribution >= 4 is 40.7 Å². The first-order valence-corrected chi connectivity index (χ1v) is 10.5. The molecular formula is C20H25NO5S2. The van der Waals surface area contributed by atoms with E-state index in [2.05, 4.69) is 6.58 Å². The number of benzene rings is 1. The van der Waals surface area contributed by atoms with E-state index in [4.69, 9.17) is 26.4 Å². The van der Waals surface area contributed by atoms with Crippen LogP contribution in [0.5, 0.6) is 11.5 Å². The maximum Gasteiger partial charge on any atom is 0.329 e. The second-order valence-electron chi connectivity index (χ2n) is 6.09. The van der Waals surface area contributed by atoms with Crippen molar-refractivity contribution in [2.75, 3.05) is 25.6 Å². The van der Waals surface area contributed by atoms with Gasteiger partial charge in [0.2, 0.25) is 0 Å². The van der Waals surface area contributed by atoms with Gasteiger partial charge >= 0.3 is 5.97 Å². The maximum atomic E-state index is 12.3. The lowest BCUT2D eigenvalue weighted by Gasteiger charge is -2.30. The van der Waals surface area contributed by atoms with Crippen LogP contribution in [0.15, 0.2) is 36.9 Å². The molecule has 1 aliphatic heterocycles. The van der Waals surface area contributed by atoms with E-state index < -0.39 is 6.04 Å². The number of rotatable bonds is 10. The monoisotopic (exact) mass is 423 g/mol. The molecule has 1 aromatic carbocycles. The fourth-order valence-electron chi connectivity index (χ4n) is 2.75. The van der Waals surface area contributed by atoms with E-state index in [9.17, 15) is 9.59 Å². The number of thioether (sulfide) groups is 1. The fraction of sp³-hybridized carbons (Fsp3) is 0.450. The summed E-state index contributed by atoms with van der Waals surface area (Å²) in [5, 5.41) is -0.200. The molecule has 2 rings (SSSR count). The molecule has 28 heavy (non-hydrogen) atoms. The molecule has 0 radical (unpaired) electrons. The SMILES string of the molecule is C=CCOc1ccccc1OCC1SCC(C(=O)OCC)N1C(=S)CC(C)=O. The number of nitrogens with zero attached hydrogens (tertiary/aromatic N) is 1. The Hall–Kier alpha value is -2.06. The van der Waals surface area contributed by atoms with Crippen LogP contribution in [0.3, 0.4) is 0 Å². The number of esters is 1. The first-order chi connectivity index (χ1) is 13.5. The Morgan fingerprint density at radius 1 is 1.32 bits per heavy atom.